The van der Waals surface area contributed by atoms with E-state index in [1.165, 1.54) is 0 Å². The van der Waals surface area contributed by atoms with Gasteiger partial charge in [0.25, 0.3) is 0 Å². The second-order valence-corrected chi connectivity index (χ2v) is 4.30. The molecule has 1 rings (SSSR count). The molecule has 1 N–H and O–H groups in total. The molecule has 0 heterocycles. The Labute approximate surface area is 108 Å². The second-order valence-electron chi connectivity index (χ2n) is 3.38. The largest absolute Gasteiger partial charge is 0.324 e. The van der Waals surface area contributed by atoms with E-state index in [0.29, 0.717) is 17.7 Å². The van der Waals surface area contributed by atoms with Gasteiger partial charge in [-0.3, -0.25) is 4.79 Å². The van der Waals surface area contributed by atoms with Gasteiger partial charge in [-0.15, -0.1) is 0 Å². The number of carbonyl (C=O) groups excluding carboxylic acids is 1. The molecular weight excluding hydrogens is 282 g/mol. The van der Waals surface area contributed by atoms with Gasteiger partial charge in [0.1, 0.15) is 12.0 Å². The van der Waals surface area contributed by atoms with Crippen LogP contribution in [0, 0.1) is 28.6 Å². The smallest absolute Gasteiger partial charge is 0.241 e. The van der Waals surface area contributed by atoms with Gasteiger partial charge in [-0.25, -0.2) is 0 Å². The first-order valence-corrected chi connectivity index (χ1v) is 5.81. The minimum atomic E-state index is -0.690. The van der Waals surface area contributed by atoms with Crippen molar-refractivity contribution in [3.05, 3.63) is 28.2 Å². The Hall–Kier alpha value is -1.85. The number of carbonyl (C=O) groups is 1. The van der Waals surface area contributed by atoms with E-state index in [-0.39, 0.29) is 5.91 Å². The van der Waals surface area contributed by atoms with E-state index in [9.17, 15) is 4.79 Å². The summed E-state index contributed by atoms with van der Waals surface area (Å²) in [5.74, 6) is -1.07. The van der Waals surface area contributed by atoms with E-state index in [4.69, 9.17) is 10.5 Å². The van der Waals surface area contributed by atoms with Gasteiger partial charge in [0.15, 0.2) is 0 Å². The molecule has 0 aliphatic heterocycles. The Morgan fingerprint density at radius 1 is 1.53 bits per heavy atom. The summed E-state index contributed by atoms with van der Waals surface area (Å²) in [7, 11) is 0. The van der Waals surface area contributed by atoms with Crippen LogP contribution in [-0.4, -0.2) is 5.91 Å². The summed E-state index contributed by atoms with van der Waals surface area (Å²) in [6.07, 6.45) is 0.445. The molecule has 0 saturated carbocycles. The molecule has 0 aliphatic rings. The van der Waals surface area contributed by atoms with Gasteiger partial charge < -0.3 is 5.32 Å². The number of hydrogen-bond donors (Lipinski definition) is 1. The third kappa shape index (κ3) is 3.30. The number of rotatable bonds is 3. The van der Waals surface area contributed by atoms with Crippen LogP contribution >= 0.6 is 15.9 Å². The van der Waals surface area contributed by atoms with Crippen LogP contribution in [0.25, 0.3) is 0 Å². The molecule has 1 atom stereocenters. The number of nitrogens with one attached hydrogen (secondary N) is 1. The van der Waals surface area contributed by atoms with Gasteiger partial charge in [0.05, 0.1) is 17.3 Å². The molecule has 0 radical (unpaired) electrons. The number of benzene rings is 1. The molecule has 1 aromatic carbocycles. The lowest BCUT2D eigenvalue weighted by atomic mass is 10.1. The van der Waals surface area contributed by atoms with Crippen molar-refractivity contribution in [3.63, 3.8) is 0 Å². The Morgan fingerprint density at radius 2 is 2.24 bits per heavy atom. The normalized spacial score (nSPS) is 11.1. The maximum atomic E-state index is 11.7. The number of hydrogen-bond acceptors (Lipinski definition) is 3. The molecule has 5 heteroatoms. The van der Waals surface area contributed by atoms with E-state index in [2.05, 4.69) is 21.2 Å². The summed E-state index contributed by atoms with van der Waals surface area (Å²) in [6.45, 7) is 1.76. The summed E-state index contributed by atoms with van der Waals surface area (Å²) in [5, 5.41) is 20.3. The number of halogens is 1. The lowest BCUT2D eigenvalue weighted by molar-refractivity contribution is -0.118. The Bertz CT molecular complexity index is 513. The number of amides is 1. The lowest BCUT2D eigenvalue weighted by Crippen LogP contribution is -2.21. The predicted molar refractivity (Wildman–Crippen MR) is 66.9 cm³/mol. The highest BCUT2D eigenvalue weighted by Crippen LogP contribution is 2.21. The first kappa shape index (κ1) is 13.2. The van der Waals surface area contributed by atoms with Gasteiger partial charge in [0, 0.05) is 4.47 Å². The van der Waals surface area contributed by atoms with Gasteiger partial charge >= 0.3 is 0 Å². The lowest BCUT2D eigenvalue weighted by Gasteiger charge is -2.09. The fourth-order valence-corrected chi connectivity index (χ4v) is 1.63. The summed E-state index contributed by atoms with van der Waals surface area (Å²) < 4.78 is 0.763. The van der Waals surface area contributed by atoms with E-state index in [1.807, 2.05) is 12.1 Å². The number of anilines is 1. The first-order valence-electron chi connectivity index (χ1n) is 5.02. The number of nitriles is 2. The molecule has 0 aromatic heterocycles. The Kier molecular flexibility index (Phi) is 4.68. The highest BCUT2D eigenvalue weighted by molar-refractivity contribution is 9.10. The van der Waals surface area contributed by atoms with Crippen molar-refractivity contribution in [2.24, 2.45) is 5.92 Å². The highest BCUT2D eigenvalue weighted by atomic mass is 79.9. The Morgan fingerprint density at radius 3 is 2.76 bits per heavy atom. The van der Waals surface area contributed by atoms with Crippen molar-refractivity contribution in [1.82, 2.24) is 0 Å². The Balaban J connectivity index is 2.94. The summed E-state index contributed by atoms with van der Waals surface area (Å²) in [6, 6.07) is 8.88. The van der Waals surface area contributed by atoms with Crippen molar-refractivity contribution in [3.8, 4) is 12.1 Å². The maximum Gasteiger partial charge on any atom is 0.241 e. The zero-order valence-electron chi connectivity index (χ0n) is 9.20. The minimum absolute atomic E-state index is 0.362. The van der Waals surface area contributed by atoms with E-state index in [1.54, 1.807) is 25.1 Å². The summed E-state index contributed by atoms with van der Waals surface area (Å²) in [4.78, 5) is 11.7. The van der Waals surface area contributed by atoms with Crippen molar-refractivity contribution in [2.45, 2.75) is 13.3 Å². The van der Waals surface area contributed by atoms with Crippen LogP contribution in [-0.2, 0) is 4.79 Å². The van der Waals surface area contributed by atoms with Gasteiger partial charge in [0.2, 0.25) is 5.91 Å². The second kappa shape index (κ2) is 6.03. The molecular formula is C12H10BrN3O. The van der Waals surface area contributed by atoms with E-state index >= 15 is 0 Å². The SMILES string of the molecule is CCC(C#N)C(=O)Nc1ccc(Br)cc1C#N. The topological polar surface area (TPSA) is 76.7 Å². The van der Waals surface area contributed by atoms with Crippen molar-refractivity contribution < 1.29 is 4.79 Å². The van der Waals surface area contributed by atoms with Gasteiger partial charge in [-0.1, -0.05) is 22.9 Å². The minimum Gasteiger partial charge on any atom is -0.324 e. The predicted octanol–water partition coefficient (Wildman–Crippen LogP) is 2.81. The maximum absolute atomic E-state index is 11.7. The third-order valence-corrected chi connectivity index (χ3v) is 2.73. The third-order valence-electron chi connectivity index (χ3n) is 2.24. The van der Waals surface area contributed by atoms with Crippen LogP contribution < -0.4 is 5.32 Å². The van der Waals surface area contributed by atoms with Crippen molar-refractivity contribution in [1.29, 1.82) is 10.5 Å². The quantitative estimate of drug-likeness (QED) is 0.930. The standard InChI is InChI=1S/C12H10BrN3O/c1-2-8(6-14)12(17)16-11-4-3-10(13)5-9(11)7-15/h3-5,8H,2H2,1H3,(H,16,17). The van der Waals surface area contributed by atoms with Crippen molar-refractivity contribution in [2.75, 3.05) is 5.32 Å². The van der Waals surface area contributed by atoms with Gasteiger partial charge in [-0.2, -0.15) is 10.5 Å². The van der Waals surface area contributed by atoms with Crippen molar-refractivity contribution >= 4 is 27.5 Å². The molecule has 17 heavy (non-hydrogen) atoms. The van der Waals surface area contributed by atoms with Crippen LogP contribution in [0.5, 0.6) is 0 Å². The number of nitrogens with zero attached hydrogens (tertiary/aromatic N) is 2. The molecule has 4 nitrogen and oxygen atoms in total. The van der Waals surface area contributed by atoms with Gasteiger partial charge in [-0.05, 0) is 24.6 Å². The highest BCUT2D eigenvalue weighted by Gasteiger charge is 2.16. The molecule has 1 amide bonds. The molecule has 0 saturated heterocycles. The van der Waals surface area contributed by atoms with E-state index in [0.717, 1.165) is 4.47 Å². The molecule has 1 aromatic rings. The molecule has 0 fully saturated rings. The monoisotopic (exact) mass is 291 g/mol. The fourth-order valence-electron chi connectivity index (χ4n) is 1.27. The zero-order chi connectivity index (χ0) is 12.8. The van der Waals surface area contributed by atoms with E-state index < -0.39 is 5.92 Å². The average Bonchev–Trinajstić information content (AvgIpc) is 2.33. The first-order chi connectivity index (χ1) is 8.12. The summed E-state index contributed by atoms with van der Waals surface area (Å²) >= 11 is 3.24. The molecule has 1 unspecified atom stereocenters. The van der Waals surface area contributed by atoms with Crippen LogP contribution in [0.2, 0.25) is 0 Å². The zero-order valence-corrected chi connectivity index (χ0v) is 10.8. The summed E-state index contributed by atoms with van der Waals surface area (Å²) in [5.41, 5.74) is 0.787. The van der Waals surface area contributed by atoms with Crippen LogP contribution in [0.1, 0.15) is 18.9 Å². The molecule has 86 valence electrons. The molecule has 0 spiro atoms. The fraction of sp³-hybridized carbons (Fsp3) is 0.250. The van der Waals surface area contributed by atoms with Crippen LogP contribution in [0.4, 0.5) is 5.69 Å². The molecule has 0 bridgehead atoms. The van der Waals surface area contributed by atoms with Crippen LogP contribution in [0.15, 0.2) is 22.7 Å². The molecule has 0 aliphatic carbocycles. The van der Waals surface area contributed by atoms with Crippen LogP contribution in [0.3, 0.4) is 0 Å². The average molecular weight is 292 g/mol.